The molecule has 11 heteroatoms. The maximum atomic E-state index is 12.9. The number of aromatic amines is 1. The van der Waals surface area contributed by atoms with E-state index in [-0.39, 0.29) is 10.0 Å². The van der Waals surface area contributed by atoms with Crippen LogP contribution in [0.3, 0.4) is 0 Å². The molecular formula is C19H16N4O5S2. The van der Waals surface area contributed by atoms with Crippen LogP contribution in [-0.4, -0.2) is 38.6 Å². The predicted octanol–water partition coefficient (Wildman–Crippen LogP) is 2.87. The van der Waals surface area contributed by atoms with E-state index in [1.165, 1.54) is 17.4 Å². The molecule has 0 atom stereocenters. The molecule has 0 saturated carbocycles. The van der Waals surface area contributed by atoms with Crippen LogP contribution in [0.1, 0.15) is 0 Å². The van der Waals surface area contributed by atoms with Crippen LogP contribution in [-0.2, 0) is 10.0 Å². The van der Waals surface area contributed by atoms with Crippen LogP contribution in [0, 0.1) is 0 Å². The number of nitrogens with zero attached hydrogens (tertiary/aromatic N) is 2. The number of likely N-dealkylation sites (N-methyl/N-ethyl adjacent to an activating group) is 1. The van der Waals surface area contributed by atoms with Crippen LogP contribution in [0.15, 0.2) is 55.9 Å². The molecule has 9 nitrogen and oxygen atoms in total. The van der Waals surface area contributed by atoms with E-state index in [9.17, 15) is 13.2 Å². The summed E-state index contributed by atoms with van der Waals surface area (Å²) in [4.78, 5) is 20.3. The fraction of sp³-hybridized carbons (Fsp3) is 0.158. The molecule has 0 spiro atoms. The van der Waals surface area contributed by atoms with E-state index in [1.54, 1.807) is 35.7 Å². The van der Waals surface area contributed by atoms with Gasteiger partial charge in [0.05, 0.1) is 28.3 Å². The van der Waals surface area contributed by atoms with E-state index >= 15 is 0 Å². The van der Waals surface area contributed by atoms with Crippen molar-refractivity contribution in [1.82, 2.24) is 9.97 Å². The second-order valence-electron chi connectivity index (χ2n) is 6.77. The molecule has 0 bridgehead atoms. The van der Waals surface area contributed by atoms with Crippen molar-refractivity contribution in [2.45, 2.75) is 4.90 Å². The summed E-state index contributed by atoms with van der Waals surface area (Å²) < 4.78 is 38.9. The Kier molecular flexibility index (Phi) is 4.29. The summed E-state index contributed by atoms with van der Waals surface area (Å²) in [6, 6.07) is 9.93. The van der Waals surface area contributed by atoms with Crippen molar-refractivity contribution in [1.29, 1.82) is 0 Å². The highest BCUT2D eigenvalue weighted by Crippen LogP contribution is 2.34. The lowest BCUT2D eigenvalue weighted by atomic mass is 10.1. The van der Waals surface area contributed by atoms with Gasteiger partial charge in [-0.05, 0) is 30.3 Å². The second-order valence-corrected chi connectivity index (χ2v) is 9.31. The molecule has 0 radical (unpaired) electrons. The summed E-state index contributed by atoms with van der Waals surface area (Å²) in [6.07, 6.45) is 0. The van der Waals surface area contributed by atoms with Gasteiger partial charge in [-0.3, -0.25) is 9.71 Å². The zero-order valence-electron chi connectivity index (χ0n) is 15.7. The first-order chi connectivity index (χ1) is 14.4. The molecule has 0 unspecified atom stereocenters. The van der Waals surface area contributed by atoms with Crippen molar-refractivity contribution in [3.63, 3.8) is 0 Å². The Balaban J connectivity index is 1.42. The highest BCUT2D eigenvalue weighted by Gasteiger charge is 2.22. The smallest absolute Gasteiger partial charge is 0.417 e. The average molecular weight is 444 g/mol. The molecule has 4 aromatic rings. The van der Waals surface area contributed by atoms with Crippen LogP contribution >= 0.6 is 11.3 Å². The maximum absolute atomic E-state index is 12.9. The summed E-state index contributed by atoms with van der Waals surface area (Å²) in [5.41, 5.74) is 3.00. The number of rotatable bonds is 4. The number of oxazole rings is 1. The first-order valence-electron chi connectivity index (χ1n) is 8.99. The predicted molar refractivity (Wildman–Crippen MR) is 114 cm³/mol. The molecule has 0 saturated heterocycles. The third-order valence-corrected chi connectivity index (χ3v) is 7.00. The van der Waals surface area contributed by atoms with Crippen LogP contribution in [0.5, 0.6) is 5.75 Å². The molecule has 0 fully saturated rings. The highest BCUT2D eigenvalue weighted by molar-refractivity contribution is 7.93. The molecule has 2 N–H and O–H groups in total. The molecule has 3 heterocycles. The highest BCUT2D eigenvalue weighted by atomic mass is 32.2. The van der Waals surface area contributed by atoms with Crippen molar-refractivity contribution >= 4 is 43.3 Å². The van der Waals surface area contributed by atoms with Crippen molar-refractivity contribution in [2.24, 2.45) is 0 Å². The van der Waals surface area contributed by atoms with Crippen molar-refractivity contribution in [3.8, 4) is 17.0 Å². The normalized spacial score (nSPS) is 13.8. The quantitative estimate of drug-likeness (QED) is 0.497. The molecule has 154 valence electrons. The van der Waals surface area contributed by atoms with Gasteiger partial charge in [-0.25, -0.2) is 18.2 Å². The van der Waals surface area contributed by atoms with E-state index in [2.05, 4.69) is 14.7 Å². The van der Waals surface area contributed by atoms with Gasteiger partial charge in [0.15, 0.2) is 10.7 Å². The lowest BCUT2D eigenvalue weighted by Crippen LogP contribution is -2.29. The van der Waals surface area contributed by atoms with E-state index in [1.807, 2.05) is 11.9 Å². The number of ether oxygens (including phenoxy) is 1. The summed E-state index contributed by atoms with van der Waals surface area (Å²) in [5, 5.41) is 1.97. The van der Waals surface area contributed by atoms with E-state index in [0.29, 0.717) is 41.3 Å². The Morgan fingerprint density at radius 1 is 1.23 bits per heavy atom. The van der Waals surface area contributed by atoms with E-state index in [4.69, 9.17) is 9.15 Å². The summed E-state index contributed by atoms with van der Waals surface area (Å²) >= 11 is 1.17. The van der Waals surface area contributed by atoms with Gasteiger partial charge < -0.3 is 14.1 Å². The number of benzene rings is 2. The molecule has 5 rings (SSSR count). The van der Waals surface area contributed by atoms with E-state index < -0.39 is 15.8 Å². The van der Waals surface area contributed by atoms with Crippen molar-refractivity contribution in [2.75, 3.05) is 29.8 Å². The molecule has 0 amide bonds. The van der Waals surface area contributed by atoms with Crippen molar-refractivity contribution < 1.29 is 17.6 Å². The lowest BCUT2D eigenvalue weighted by Gasteiger charge is -2.27. The molecule has 2 aromatic heterocycles. The standard InChI is InChI=1S/C19H16N4O5S2/c1-23-6-7-27-16-5-3-12(9-15(16)23)30(25,26)22-18-20-14(10-29-18)11-2-4-13-17(8-11)28-19(24)21-13/h2-5,8-10H,6-7H2,1H3,(H,20,22)(H,21,24). The number of hydrogen-bond acceptors (Lipinski definition) is 8. The molecular weight excluding hydrogens is 428 g/mol. The summed E-state index contributed by atoms with van der Waals surface area (Å²) in [7, 11) is -1.93. The van der Waals surface area contributed by atoms with Gasteiger partial charge in [-0.1, -0.05) is 6.07 Å². The second kappa shape index (κ2) is 6.89. The fourth-order valence-corrected chi connectivity index (χ4v) is 5.22. The third kappa shape index (κ3) is 3.31. The van der Waals surface area contributed by atoms with Crippen LogP contribution in [0.4, 0.5) is 10.8 Å². The fourth-order valence-electron chi connectivity index (χ4n) is 3.23. The Hall–Kier alpha value is -3.31. The van der Waals surface area contributed by atoms with E-state index in [0.717, 1.165) is 5.69 Å². The monoisotopic (exact) mass is 444 g/mol. The first-order valence-corrected chi connectivity index (χ1v) is 11.3. The number of thiazole rings is 1. The minimum absolute atomic E-state index is 0.130. The van der Waals surface area contributed by atoms with Gasteiger partial charge in [0, 0.05) is 18.0 Å². The molecule has 2 aromatic carbocycles. The largest absolute Gasteiger partial charge is 0.490 e. The molecule has 0 aliphatic carbocycles. The van der Waals surface area contributed by atoms with Gasteiger partial charge in [0.2, 0.25) is 0 Å². The number of anilines is 2. The zero-order chi connectivity index (χ0) is 20.9. The lowest BCUT2D eigenvalue weighted by molar-refractivity contribution is 0.311. The van der Waals surface area contributed by atoms with Gasteiger partial charge in [0.1, 0.15) is 12.4 Å². The molecule has 1 aliphatic heterocycles. The molecule has 1 aliphatic rings. The number of aromatic nitrogens is 2. The molecule has 30 heavy (non-hydrogen) atoms. The van der Waals surface area contributed by atoms with Crippen LogP contribution in [0.2, 0.25) is 0 Å². The zero-order valence-corrected chi connectivity index (χ0v) is 17.3. The SMILES string of the molecule is CN1CCOc2ccc(S(=O)(=O)Nc3nc(-c4ccc5[nH]c(=O)oc5c4)cs3)cc21. The number of hydrogen-bond donors (Lipinski definition) is 2. The average Bonchev–Trinajstić information content (AvgIpc) is 3.32. The Morgan fingerprint density at radius 2 is 2.10 bits per heavy atom. The van der Waals surface area contributed by atoms with Crippen molar-refractivity contribution in [3.05, 3.63) is 52.3 Å². The maximum Gasteiger partial charge on any atom is 0.417 e. The Morgan fingerprint density at radius 3 is 2.97 bits per heavy atom. The van der Waals surface area contributed by atoms with Gasteiger partial charge in [-0.2, -0.15) is 0 Å². The number of sulfonamides is 1. The van der Waals surface area contributed by atoms with Gasteiger partial charge >= 0.3 is 5.76 Å². The van der Waals surface area contributed by atoms with Crippen LogP contribution < -0.4 is 20.1 Å². The Bertz CT molecular complexity index is 1420. The minimum Gasteiger partial charge on any atom is -0.490 e. The third-order valence-electron chi connectivity index (χ3n) is 4.78. The number of fused-ring (bicyclic) bond motifs is 2. The minimum atomic E-state index is -3.82. The Labute approximate surface area is 175 Å². The first kappa shape index (κ1) is 18.7. The summed E-state index contributed by atoms with van der Waals surface area (Å²) in [6.45, 7) is 1.25. The number of nitrogens with one attached hydrogen (secondary N) is 2. The van der Waals surface area contributed by atoms with Gasteiger partial charge in [0.25, 0.3) is 10.0 Å². The van der Waals surface area contributed by atoms with Gasteiger partial charge in [-0.15, -0.1) is 11.3 Å². The summed E-state index contributed by atoms with van der Waals surface area (Å²) in [5.74, 6) is 0.126. The topological polar surface area (TPSA) is 118 Å². The number of H-pyrrole nitrogens is 1. The van der Waals surface area contributed by atoms with Crippen LogP contribution in [0.25, 0.3) is 22.4 Å².